The second kappa shape index (κ2) is 8.40. The van der Waals surface area contributed by atoms with Crippen molar-refractivity contribution in [2.75, 3.05) is 0 Å². The predicted molar refractivity (Wildman–Crippen MR) is 104 cm³/mol. The number of benzene rings is 2. The quantitative estimate of drug-likeness (QED) is 0.659. The molecule has 1 heterocycles. The standard InChI is InChI=1S/C21H23N3O3/c1-3-15(2)27-18-9-6-8-17(13-18)21(26)23-22-20(25)14-24-12-11-16-7-4-5-10-19(16)24/h4-13,15H,3,14H2,1-2H3,(H,22,25)(H,23,26). The average Bonchev–Trinajstić information content (AvgIpc) is 3.09. The van der Waals surface area contributed by atoms with Crippen molar-refractivity contribution in [3.8, 4) is 5.75 Å². The third kappa shape index (κ3) is 4.67. The van der Waals surface area contributed by atoms with Crippen molar-refractivity contribution in [1.29, 1.82) is 0 Å². The van der Waals surface area contributed by atoms with Crippen LogP contribution in [0, 0.1) is 0 Å². The van der Waals surface area contributed by atoms with E-state index in [-0.39, 0.29) is 18.6 Å². The maximum atomic E-state index is 12.3. The Morgan fingerprint density at radius 2 is 1.89 bits per heavy atom. The SMILES string of the molecule is CCC(C)Oc1cccc(C(=O)NNC(=O)Cn2ccc3ccccc32)c1. The first-order valence-corrected chi connectivity index (χ1v) is 8.96. The molecule has 2 amide bonds. The Balaban J connectivity index is 1.57. The summed E-state index contributed by atoms with van der Waals surface area (Å²) >= 11 is 0. The van der Waals surface area contributed by atoms with E-state index in [1.165, 1.54) is 0 Å². The summed E-state index contributed by atoms with van der Waals surface area (Å²) in [5.74, 6) is -0.0748. The van der Waals surface area contributed by atoms with E-state index in [9.17, 15) is 9.59 Å². The van der Waals surface area contributed by atoms with Gasteiger partial charge in [0.25, 0.3) is 11.8 Å². The lowest BCUT2D eigenvalue weighted by atomic mass is 10.2. The smallest absolute Gasteiger partial charge is 0.269 e. The summed E-state index contributed by atoms with van der Waals surface area (Å²) in [6.07, 6.45) is 2.79. The van der Waals surface area contributed by atoms with Crippen molar-refractivity contribution in [3.63, 3.8) is 0 Å². The van der Waals surface area contributed by atoms with Gasteiger partial charge >= 0.3 is 0 Å². The predicted octanol–water partition coefficient (Wildman–Crippen LogP) is 3.28. The van der Waals surface area contributed by atoms with E-state index in [2.05, 4.69) is 10.9 Å². The Hall–Kier alpha value is -3.28. The summed E-state index contributed by atoms with van der Waals surface area (Å²) in [5, 5.41) is 1.06. The molecule has 140 valence electrons. The van der Waals surface area contributed by atoms with E-state index in [4.69, 9.17) is 4.74 Å². The summed E-state index contributed by atoms with van der Waals surface area (Å²) in [6.45, 7) is 4.12. The van der Waals surface area contributed by atoms with Crippen molar-refractivity contribution in [2.24, 2.45) is 0 Å². The maximum absolute atomic E-state index is 12.3. The summed E-state index contributed by atoms with van der Waals surface area (Å²) in [5.41, 5.74) is 6.29. The highest BCUT2D eigenvalue weighted by Crippen LogP contribution is 2.16. The number of hydrogen-bond acceptors (Lipinski definition) is 3. The summed E-state index contributed by atoms with van der Waals surface area (Å²) in [4.78, 5) is 24.5. The van der Waals surface area contributed by atoms with E-state index in [1.807, 2.05) is 54.9 Å². The molecule has 0 saturated carbocycles. The summed E-state index contributed by atoms with van der Waals surface area (Å²) in [6, 6.07) is 16.6. The molecule has 0 radical (unpaired) electrons. The number of rotatable bonds is 6. The lowest BCUT2D eigenvalue weighted by Crippen LogP contribution is -2.43. The molecule has 27 heavy (non-hydrogen) atoms. The van der Waals surface area contributed by atoms with E-state index >= 15 is 0 Å². The fourth-order valence-corrected chi connectivity index (χ4v) is 2.70. The first-order chi connectivity index (χ1) is 13.1. The molecule has 1 unspecified atom stereocenters. The van der Waals surface area contributed by atoms with Crippen LogP contribution < -0.4 is 15.6 Å². The molecule has 3 rings (SSSR count). The lowest BCUT2D eigenvalue weighted by molar-refractivity contribution is -0.122. The Labute approximate surface area is 158 Å². The Morgan fingerprint density at radius 1 is 1.07 bits per heavy atom. The zero-order chi connectivity index (χ0) is 19.2. The van der Waals surface area contributed by atoms with Gasteiger partial charge in [-0.3, -0.25) is 20.4 Å². The molecular weight excluding hydrogens is 342 g/mol. The second-order valence-corrected chi connectivity index (χ2v) is 6.37. The normalized spacial score (nSPS) is 11.8. The van der Waals surface area contributed by atoms with Gasteiger partial charge in [0, 0.05) is 17.3 Å². The molecule has 6 heteroatoms. The van der Waals surface area contributed by atoms with Crippen LogP contribution in [0.2, 0.25) is 0 Å². The number of carbonyl (C=O) groups excluding carboxylic acids is 2. The Kier molecular flexibility index (Phi) is 5.76. The Bertz CT molecular complexity index is 949. The zero-order valence-corrected chi connectivity index (χ0v) is 15.4. The van der Waals surface area contributed by atoms with Gasteiger partial charge in [0.2, 0.25) is 0 Å². The minimum absolute atomic E-state index is 0.0689. The number of hydrazine groups is 1. The number of aromatic nitrogens is 1. The second-order valence-electron chi connectivity index (χ2n) is 6.37. The zero-order valence-electron chi connectivity index (χ0n) is 15.4. The molecule has 1 atom stereocenters. The number of nitrogens with one attached hydrogen (secondary N) is 2. The van der Waals surface area contributed by atoms with E-state index in [1.54, 1.807) is 24.3 Å². The van der Waals surface area contributed by atoms with Crippen LogP contribution in [0.1, 0.15) is 30.6 Å². The Morgan fingerprint density at radius 3 is 2.70 bits per heavy atom. The first-order valence-electron chi connectivity index (χ1n) is 8.96. The molecule has 0 fully saturated rings. The van der Waals surface area contributed by atoms with E-state index in [0.717, 1.165) is 17.3 Å². The first kappa shape index (κ1) is 18.5. The third-order valence-electron chi connectivity index (χ3n) is 4.32. The number of hydrogen-bond donors (Lipinski definition) is 2. The van der Waals surface area contributed by atoms with Gasteiger partial charge in [0.15, 0.2) is 0 Å². The minimum Gasteiger partial charge on any atom is -0.491 e. The average molecular weight is 365 g/mol. The summed E-state index contributed by atoms with van der Waals surface area (Å²) in [7, 11) is 0. The number of nitrogens with zero attached hydrogens (tertiary/aromatic N) is 1. The molecule has 0 aliphatic heterocycles. The van der Waals surface area contributed by atoms with Crippen molar-refractivity contribution in [3.05, 3.63) is 66.4 Å². The highest BCUT2D eigenvalue weighted by Gasteiger charge is 2.10. The monoisotopic (exact) mass is 365 g/mol. The van der Waals surface area contributed by atoms with Crippen molar-refractivity contribution in [1.82, 2.24) is 15.4 Å². The largest absolute Gasteiger partial charge is 0.491 e. The molecule has 0 aliphatic carbocycles. The highest BCUT2D eigenvalue weighted by molar-refractivity contribution is 5.95. The van der Waals surface area contributed by atoms with Gasteiger partial charge in [-0.25, -0.2) is 0 Å². The third-order valence-corrected chi connectivity index (χ3v) is 4.32. The van der Waals surface area contributed by atoms with Crippen LogP contribution in [-0.4, -0.2) is 22.5 Å². The molecule has 0 bridgehead atoms. The fraction of sp³-hybridized carbons (Fsp3) is 0.238. The van der Waals surface area contributed by atoms with Gasteiger partial charge in [0.1, 0.15) is 12.3 Å². The molecule has 0 aliphatic rings. The van der Waals surface area contributed by atoms with Gasteiger partial charge in [-0.2, -0.15) is 0 Å². The van der Waals surface area contributed by atoms with Crippen LogP contribution in [0.4, 0.5) is 0 Å². The fourth-order valence-electron chi connectivity index (χ4n) is 2.70. The van der Waals surface area contributed by atoms with Gasteiger partial charge in [-0.1, -0.05) is 31.2 Å². The molecule has 3 aromatic rings. The van der Waals surface area contributed by atoms with Crippen LogP contribution in [0.3, 0.4) is 0 Å². The number of fused-ring (bicyclic) bond motifs is 1. The molecular formula is C21H23N3O3. The van der Waals surface area contributed by atoms with Crippen LogP contribution in [0.25, 0.3) is 10.9 Å². The van der Waals surface area contributed by atoms with Crippen LogP contribution >= 0.6 is 0 Å². The highest BCUT2D eigenvalue weighted by atomic mass is 16.5. The van der Waals surface area contributed by atoms with Crippen molar-refractivity contribution >= 4 is 22.7 Å². The summed E-state index contributed by atoms with van der Waals surface area (Å²) < 4.78 is 7.55. The van der Waals surface area contributed by atoms with Crippen LogP contribution in [0.5, 0.6) is 5.75 Å². The van der Waals surface area contributed by atoms with Crippen LogP contribution in [0.15, 0.2) is 60.8 Å². The molecule has 0 saturated heterocycles. The molecule has 2 N–H and O–H groups in total. The van der Waals surface area contributed by atoms with Gasteiger partial charge < -0.3 is 9.30 Å². The van der Waals surface area contributed by atoms with Gasteiger partial charge in [0.05, 0.1) is 6.10 Å². The lowest BCUT2D eigenvalue weighted by Gasteiger charge is -2.13. The topological polar surface area (TPSA) is 72.4 Å². The molecule has 2 aromatic carbocycles. The maximum Gasteiger partial charge on any atom is 0.269 e. The number of para-hydroxylation sites is 1. The van der Waals surface area contributed by atoms with Crippen molar-refractivity contribution < 1.29 is 14.3 Å². The van der Waals surface area contributed by atoms with Gasteiger partial charge in [-0.15, -0.1) is 0 Å². The minimum atomic E-state index is -0.393. The number of ether oxygens (including phenoxy) is 1. The van der Waals surface area contributed by atoms with Crippen molar-refractivity contribution in [2.45, 2.75) is 32.9 Å². The molecule has 6 nitrogen and oxygen atoms in total. The molecule has 1 aromatic heterocycles. The van der Waals surface area contributed by atoms with E-state index < -0.39 is 5.91 Å². The molecule has 0 spiro atoms. The number of carbonyl (C=O) groups is 2. The van der Waals surface area contributed by atoms with Gasteiger partial charge in [-0.05, 0) is 49.1 Å². The van der Waals surface area contributed by atoms with E-state index in [0.29, 0.717) is 11.3 Å². The number of amides is 2. The van der Waals surface area contributed by atoms with Crippen LogP contribution in [-0.2, 0) is 11.3 Å².